The second kappa shape index (κ2) is 9.40. The molecular weight excluding hydrogens is 348 g/mol. The summed E-state index contributed by atoms with van der Waals surface area (Å²) >= 11 is 0. The van der Waals surface area contributed by atoms with Crippen LogP contribution in [0.3, 0.4) is 0 Å². The van der Waals surface area contributed by atoms with Crippen LogP contribution in [0.25, 0.3) is 11.1 Å². The Morgan fingerprint density at radius 3 is 2.57 bits per heavy atom. The summed E-state index contributed by atoms with van der Waals surface area (Å²) in [6, 6.07) is 8.42. The second-order valence-corrected chi connectivity index (χ2v) is 7.36. The van der Waals surface area contributed by atoms with Crippen LogP contribution in [0.15, 0.2) is 49.2 Å². The van der Waals surface area contributed by atoms with Crippen molar-refractivity contribution in [2.24, 2.45) is 0 Å². The van der Waals surface area contributed by atoms with E-state index in [0.717, 1.165) is 54.7 Å². The van der Waals surface area contributed by atoms with Crippen molar-refractivity contribution in [3.63, 3.8) is 0 Å². The van der Waals surface area contributed by atoms with Gasteiger partial charge in [-0.3, -0.25) is 4.79 Å². The largest absolute Gasteiger partial charge is 0.351 e. The summed E-state index contributed by atoms with van der Waals surface area (Å²) in [4.78, 5) is 17.2. The average Bonchev–Trinajstić information content (AvgIpc) is 3.31. The van der Waals surface area contributed by atoms with Crippen molar-refractivity contribution in [2.75, 3.05) is 6.54 Å². The number of carbonyl (C=O) groups excluding carboxylic acids is 1. The topological polar surface area (TPSA) is 51.9 Å². The Labute approximate surface area is 167 Å². The van der Waals surface area contributed by atoms with E-state index >= 15 is 0 Å². The van der Waals surface area contributed by atoms with Crippen LogP contribution in [-0.4, -0.2) is 26.6 Å². The molecule has 2 heterocycles. The molecule has 0 saturated carbocycles. The molecule has 0 aliphatic carbocycles. The molecule has 5 heteroatoms. The number of nitrogens with one attached hydrogen (secondary N) is 1. The maximum Gasteiger partial charge on any atom is 0.268 e. The van der Waals surface area contributed by atoms with Gasteiger partial charge in [-0.15, -0.1) is 0 Å². The summed E-state index contributed by atoms with van der Waals surface area (Å²) in [6.45, 7) is 8.70. The van der Waals surface area contributed by atoms with Crippen molar-refractivity contribution in [1.29, 1.82) is 0 Å². The summed E-state index contributed by atoms with van der Waals surface area (Å²) in [5, 5.41) is 3.12. The summed E-state index contributed by atoms with van der Waals surface area (Å²) in [5.41, 5.74) is 5.28. The summed E-state index contributed by atoms with van der Waals surface area (Å²) in [7, 11) is 0. The van der Waals surface area contributed by atoms with Crippen LogP contribution in [0.5, 0.6) is 0 Å². The van der Waals surface area contributed by atoms with Gasteiger partial charge in [0.1, 0.15) is 5.69 Å². The molecule has 0 unspecified atom stereocenters. The van der Waals surface area contributed by atoms with Gasteiger partial charge >= 0.3 is 0 Å². The number of hydrogen-bond donors (Lipinski definition) is 1. The van der Waals surface area contributed by atoms with E-state index in [2.05, 4.69) is 66.1 Å². The molecule has 5 nitrogen and oxygen atoms in total. The zero-order valence-corrected chi connectivity index (χ0v) is 17.1. The highest BCUT2D eigenvalue weighted by Gasteiger charge is 2.21. The third-order valence-corrected chi connectivity index (χ3v) is 5.01. The van der Waals surface area contributed by atoms with Crippen molar-refractivity contribution in [2.45, 2.75) is 53.1 Å². The number of rotatable bonds is 9. The van der Waals surface area contributed by atoms with Gasteiger partial charge in [0.15, 0.2) is 0 Å². The Kier molecular flexibility index (Phi) is 6.69. The molecule has 0 aliphatic rings. The van der Waals surface area contributed by atoms with Crippen LogP contribution in [0.4, 0.5) is 0 Å². The van der Waals surface area contributed by atoms with Gasteiger partial charge in [0.2, 0.25) is 0 Å². The molecule has 1 amide bonds. The number of benzene rings is 1. The molecule has 0 atom stereocenters. The van der Waals surface area contributed by atoms with Crippen molar-refractivity contribution >= 4 is 5.91 Å². The van der Waals surface area contributed by atoms with Gasteiger partial charge in [-0.25, -0.2) is 4.98 Å². The van der Waals surface area contributed by atoms with Gasteiger partial charge in [0.05, 0.1) is 6.33 Å². The molecule has 1 N–H and O–H groups in total. The first-order chi connectivity index (χ1) is 13.6. The quantitative estimate of drug-likeness (QED) is 0.554. The van der Waals surface area contributed by atoms with Crippen LogP contribution < -0.4 is 5.32 Å². The molecule has 0 aliphatic heterocycles. The molecule has 28 heavy (non-hydrogen) atoms. The summed E-state index contributed by atoms with van der Waals surface area (Å²) < 4.78 is 4.15. The van der Waals surface area contributed by atoms with Crippen LogP contribution in [0.1, 0.15) is 47.8 Å². The number of amides is 1. The lowest BCUT2D eigenvalue weighted by Gasteiger charge is -2.13. The minimum atomic E-state index is 0.00501. The molecule has 2 aromatic heterocycles. The SMILES string of the molecule is CCCCn1cc(C)c(-c2ccc(C)cc2)c1C(=O)NCCCn1ccnc1. The van der Waals surface area contributed by atoms with Crippen LogP contribution in [-0.2, 0) is 13.1 Å². The monoisotopic (exact) mass is 378 g/mol. The number of carbonyl (C=O) groups is 1. The number of aryl methyl sites for hydroxylation is 4. The fourth-order valence-electron chi connectivity index (χ4n) is 3.49. The van der Waals surface area contributed by atoms with E-state index in [-0.39, 0.29) is 5.91 Å². The first kappa shape index (κ1) is 19.9. The van der Waals surface area contributed by atoms with Crippen molar-refractivity contribution in [1.82, 2.24) is 19.4 Å². The molecule has 0 fully saturated rings. The summed E-state index contributed by atoms with van der Waals surface area (Å²) in [5.74, 6) is 0.00501. The number of imidazole rings is 1. The van der Waals surface area contributed by atoms with E-state index in [0.29, 0.717) is 6.54 Å². The zero-order valence-electron chi connectivity index (χ0n) is 17.1. The van der Waals surface area contributed by atoms with Crippen molar-refractivity contribution < 1.29 is 4.79 Å². The van der Waals surface area contributed by atoms with E-state index in [1.807, 2.05) is 10.8 Å². The Morgan fingerprint density at radius 1 is 1.11 bits per heavy atom. The Hall–Kier alpha value is -2.82. The third kappa shape index (κ3) is 4.71. The maximum atomic E-state index is 13.1. The fourth-order valence-corrected chi connectivity index (χ4v) is 3.49. The Balaban J connectivity index is 1.79. The minimum absolute atomic E-state index is 0.00501. The van der Waals surface area contributed by atoms with Crippen molar-refractivity contribution in [3.8, 4) is 11.1 Å². The van der Waals surface area contributed by atoms with E-state index in [1.165, 1.54) is 5.56 Å². The minimum Gasteiger partial charge on any atom is -0.351 e. The molecule has 0 radical (unpaired) electrons. The second-order valence-electron chi connectivity index (χ2n) is 7.36. The van der Waals surface area contributed by atoms with Gasteiger partial charge in [-0.1, -0.05) is 43.2 Å². The molecule has 1 aromatic carbocycles. The van der Waals surface area contributed by atoms with E-state index < -0.39 is 0 Å². The lowest BCUT2D eigenvalue weighted by atomic mass is 10.0. The number of unbranched alkanes of at least 4 members (excludes halogenated alkanes) is 1. The molecule has 0 saturated heterocycles. The zero-order chi connectivity index (χ0) is 19.9. The Bertz CT molecular complexity index is 892. The lowest BCUT2D eigenvalue weighted by molar-refractivity contribution is 0.0944. The lowest BCUT2D eigenvalue weighted by Crippen LogP contribution is -2.28. The predicted octanol–water partition coefficient (Wildman–Crippen LogP) is 4.59. The maximum absolute atomic E-state index is 13.1. The number of aromatic nitrogens is 3. The van der Waals surface area contributed by atoms with Crippen molar-refractivity contribution in [3.05, 3.63) is 66.0 Å². The molecule has 0 bridgehead atoms. The highest BCUT2D eigenvalue weighted by atomic mass is 16.1. The predicted molar refractivity (Wildman–Crippen MR) is 113 cm³/mol. The van der Waals surface area contributed by atoms with Crippen LogP contribution in [0, 0.1) is 13.8 Å². The van der Waals surface area contributed by atoms with Gasteiger partial charge in [0.25, 0.3) is 5.91 Å². The normalized spacial score (nSPS) is 11.0. The molecule has 148 valence electrons. The third-order valence-electron chi connectivity index (χ3n) is 5.01. The molecular formula is C23H30N4O. The van der Waals surface area contributed by atoms with Gasteiger partial charge in [0, 0.05) is 43.8 Å². The smallest absolute Gasteiger partial charge is 0.268 e. The highest BCUT2D eigenvalue weighted by Crippen LogP contribution is 2.30. The molecule has 3 aromatic rings. The van der Waals surface area contributed by atoms with E-state index in [9.17, 15) is 4.79 Å². The van der Waals surface area contributed by atoms with E-state index in [4.69, 9.17) is 0 Å². The van der Waals surface area contributed by atoms with E-state index in [1.54, 1.807) is 12.5 Å². The van der Waals surface area contributed by atoms with Crippen LogP contribution >= 0.6 is 0 Å². The number of hydrogen-bond acceptors (Lipinski definition) is 2. The highest BCUT2D eigenvalue weighted by molar-refractivity contribution is 6.00. The van der Waals surface area contributed by atoms with Gasteiger partial charge in [-0.2, -0.15) is 0 Å². The van der Waals surface area contributed by atoms with Gasteiger partial charge < -0.3 is 14.5 Å². The summed E-state index contributed by atoms with van der Waals surface area (Å²) in [6.07, 6.45) is 10.7. The number of nitrogens with zero attached hydrogens (tertiary/aromatic N) is 3. The average molecular weight is 379 g/mol. The first-order valence-electron chi connectivity index (χ1n) is 10.1. The molecule has 0 spiro atoms. The first-order valence-corrected chi connectivity index (χ1v) is 10.1. The fraction of sp³-hybridized carbons (Fsp3) is 0.391. The van der Waals surface area contributed by atoms with Crippen LogP contribution in [0.2, 0.25) is 0 Å². The Morgan fingerprint density at radius 2 is 1.89 bits per heavy atom. The standard InChI is InChI=1S/C23H30N4O/c1-4-5-14-27-16-19(3)21(20-9-7-18(2)8-10-20)22(27)23(28)25-11-6-13-26-15-12-24-17-26/h7-10,12,15-17H,4-6,11,13-14H2,1-3H3,(H,25,28). The molecule has 3 rings (SSSR count). The van der Waals surface area contributed by atoms with Gasteiger partial charge in [-0.05, 0) is 37.8 Å².